The van der Waals surface area contributed by atoms with E-state index in [0.29, 0.717) is 0 Å². The first-order valence-corrected chi connectivity index (χ1v) is 4.56. The van der Waals surface area contributed by atoms with Crippen LogP contribution in [-0.4, -0.2) is 11.2 Å². The minimum absolute atomic E-state index is 0.300. The first kappa shape index (κ1) is 12.0. The Bertz CT molecular complexity index is 193. The molecule has 3 heteroatoms. The van der Waals surface area contributed by atoms with Crippen molar-refractivity contribution in [3.05, 3.63) is 0 Å². The van der Waals surface area contributed by atoms with E-state index < -0.39 is 5.60 Å². The molecule has 0 saturated heterocycles. The molecule has 0 aliphatic carbocycles. The molecule has 0 aliphatic heterocycles. The van der Waals surface area contributed by atoms with Crippen LogP contribution in [-0.2, 0) is 9.78 Å². The average Bonchev–Trinajstić information content (AvgIpc) is 1.83. The normalized spacial score (nSPS) is 12.2. The molecule has 0 spiro atoms. The largest absolute Gasteiger partial charge is 0.229 e. The Morgan fingerprint density at radius 1 is 1.00 bits per heavy atom. The molecule has 70 valence electrons. The van der Waals surface area contributed by atoms with Crippen LogP contribution in [0.1, 0.15) is 34.6 Å². The van der Waals surface area contributed by atoms with Crippen LogP contribution in [0, 0.1) is 10.8 Å². The molecule has 0 saturated carbocycles. The third-order valence-corrected chi connectivity index (χ3v) is 1.05. The lowest BCUT2D eigenvalue weighted by atomic mass is 10.2. The zero-order chi connectivity index (χ0) is 9.83. The smallest absolute Gasteiger partial charge is 0.159 e. The summed E-state index contributed by atoms with van der Waals surface area (Å²) in [6.07, 6.45) is 0. The van der Waals surface area contributed by atoms with Crippen molar-refractivity contribution in [1.82, 2.24) is 0 Å². The monoisotopic (exact) mass is 234 g/mol. The minimum atomic E-state index is -0.573. The van der Waals surface area contributed by atoms with Gasteiger partial charge in [-0.1, -0.05) is 5.92 Å². The first-order valence-electron chi connectivity index (χ1n) is 3.76. The lowest BCUT2D eigenvalue weighted by molar-refractivity contribution is -0.384. The summed E-state index contributed by atoms with van der Waals surface area (Å²) in [6, 6.07) is 0. The molecule has 2 nitrogen and oxygen atoms in total. The maximum Gasteiger partial charge on any atom is 0.159 e. The van der Waals surface area contributed by atoms with Crippen molar-refractivity contribution in [2.45, 2.75) is 45.8 Å². The molecule has 0 aromatic rings. The highest BCUT2D eigenvalue weighted by molar-refractivity contribution is 9.12. The average molecular weight is 235 g/mol. The second-order valence-corrected chi connectivity index (χ2v) is 4.41. The summed E-state index contributed by atoms with van der Waals surface area (Å²) in [5.74, 6) is 2.81. The fourth-order valence-electron chi connectivity index (χ4n) is 0.364. The topological polar surface area (TPSA) is 18.5 Å². The molecular weight excluding hydrogens is 220 g/mol. The second-order valence-electron chi connectivity index (χ2n) is 4.01. The lowest BCUT2D eigenvalue weighted by Gasteiger charge is -2.24. The molecule has 0 atom stereocenters. The highest BCUT2D eigenvalue weighted by Crippen LogP contribution is 2.15. The second kappa shape index (κ2) is 4.27. The zero-order valence-electron chi connectivity index (χ0n) is 8.19. The molecule has 0 unspecified atom stereocenters. The van der Waals surface area contributed by atoms with Crippen molar-refractivity contribution in [2.75, 3.05) is 0 Å². The van der Waals surface area contributed by atoms with Gasteiger partial charge in [-0.3, -0.25) is 0 Å². The summed E-state index contributed by atoms with van der Waals surface area (Å²) in [6.45, 7) is 9.44. The summed E-state index contributed by atoms with van der Waals surface area (Å²) >= 11 is 3.01. The molecule has 0 radical (unpaired) electrons. The van der Waals surface area contributed by atoms with Gasteiger partial charge in [0.05, 0.1) is 5.60 Å². The van der Waals surface area contributed by atoms with Crippen molar-refractivity contribution >= 4 is 15.9 Å². The Kier molecular flexibility index (Phi) is 4.25. The van der Waals surface area contributed by atoms with E-state index in [4.69, 9.17) is 9.78 Å². The van der Waals surface area contributed by atoms with Gasteiger partial charge in [0, 0.05) is 15.9 Å². The maximum atomic E-state index is 5.13. The van der Waals surface area contributed by atoms with Crippen LogP contribution < -0.4 is 0 Å². The molecule has 0 fully saturated rings. The molecule has 0 rings (SSSR count). The van der Waals surface area contributed by atoms with E-state index >= 15 is 0 Å². The first-order chi connectivity index (χ1) is 5.27. The SMILES string of the molecule is CC(C)(C)OOC(C)(C)C#CBr. The summed E-state index contributed by atoms with van der Waals surface area (Å²) < 4.78 is 0. The zero-order valence-corrected chi connectivity index (χ0v) is 9.78. The Balaban J connectivity index is 3.98. The highest BCUT2D eigenvalue weighted by atomic mass is 79.9. The van der Waals surface area contributed by atoms with E-state index in [1.165, 1.54) is 0 Å². The van der Waals surface area contributed by atoms with Crippen LogP contribution in [0.4, 0.5) is 0 Å². The summed E-state index contributed by atoms with van der Waals surface area (Å²) in [7, 11) is 0. The molecule has 0 bridgehead atoms. The van der Waals surface area contributed by atoms with E-state index in [1.54, 1.807) is 0 Å². The van der Waals surface area contributed by atoms with Crippen LogP contribution in [0.3, 0.4) is 0 Å². The quantitative estimate of drug-likeness (QED) is 0.416. The molecule has 0 heterocycles. The van der Waals surface area contributed by atoms with Crippen LogP contribution in [0.15, 0.2) is 0 Å². The predicted molar refractivity (Wildman–Crippen MR) is 52.7 cm³/mol. The van der Waals surface area contributed by atoms with Gasteiger partial charge < -0.3 is 0 Å². The van der Waals surface area contributed by atoms with Crippen LogP contribution in [0.2, 0.25) is 0 Å². The van der Waals surface area contributed by atoms with Gasteiger partial charge in [-0.25, -0.2) is 9.78 Å². The number of halogens is 1. The van der Waals surface area contributed by atoms with Gasteiger partial charge >= 0.3 is 0 Å². The van der Waals surface area contributed by atoms with Gasteiger partial charge in [0.25, 0.3) is 0 Å². The molecule has 0 aromatic carbocycles. The summed E-state index contributed by atoms with van der Waals surface area (Å²) in [5, 5.41) is 0. The highest BCUT2D eigenvalue weighted by Gasteiger charge is 2.21. The fraction of sp³-hybridized carbons (Fsp3) is 0.778. The standard InChI is InChI=1S/C9H15BrO2/c1-8(2,3)11-12-9(4,5)6-7-10/h1-5H3. The van der Waals surface area contributed by atoms with Gasteiger partial charge in [-0.05, 0) is 39.4 Å². The molecule has 0 amide bonds. The van der Waals surface area contributed by atoms with Crippen molar-refractivity contribution in [1.29, 1.82) is 0 Å². The number of rotatable bonds is 2. The van der Waals surface area contributed by atoms with Crippen LogP contribution in [0.25, 0.3) is 0 Å². The minimum Gasteiger partial charge on any atom is -0.229 e. The molecule has 0 aromatic heterocycles. The van der Waals surface area contributed by atoms with E-state index in [2.05, 4.69) is 26.7 Å². The van der Waals surface area contributed by atoms with Gasteiger partial charge in [-0.2, -0.15) is 0 Å². The van der Waals surface area contributed by atoms with Crippen LogP contribution >= 0.6 is 15.9 Å². The van der Waals surface area contributed by atoms with Crippen LogP contribution in [0.5, 0.6) is 0 Å². The predicted octanol–water partition coefficient (Wildman–Crippen LogP) is 2.87. The van der Waals surface area contributed by atoms with Crippen molar-refractivity contribution in [3.63, 3.8) is 0 Å². The Labute approximate surface area is 82.7 Å². The van der Waals surface area contributed by atoms with Gasteiger partial charge in [0.1, 0.15) is 0 Å². The van der Waals surface area contributed by atoms with E-state index in [-0.39, 0.29) is 5.60 Å². The molecule has 0 aliphatic rings. The van der Waals surface area contributed by atoms with Crippen molar-refractivity contribution < 1.29 is 9.78 Å². The van der Waals surface area contributed by atoms with E-state index in [1.807, 2.05) is 34.6 Å². The summed E-state index contributed by atoms with van der Waals surface area (Å²) in [4.78, 5) is 12.9. The van der Waals surface area contributed by atoms with Gasteiger partial charge in [0.2, 0.25) is 0 Å². The fourth-order valence-corrected chi connectivity index (χ4v) is 0.841. The Hall–Kier alpha value is -0.0400. The molecular formula is C9H15BrO2. The Morgan fingerprint density at radius 3 is 1.83 bits per heavy atom. The van der Waals surface area contributed by atoms with Gasteiger partial charge in [0.15, 0.2) is 5.60 Å². The summed E-state index contributed by atoms with van der Waals surface area (Å²) in [5.41, 5.74) is -0.873. The number of hydrogen-bond donors (Lipinski definition) is 0. The van der Waals surface area contributed by atoms with Gasteiger partial charge in [-0.15, -0.1) is 0 Å². The molecule has 12 heavy (non-hydrogen) atoms. The van der Waals surface area contributed by atoms with Crippen molar-refractivity contribution in [2.24, 2.45) is 0 Å². The Morgan fingerprint density at radius 2 is 1.50 bits per heavy atom. The third-order valence-electron chi connectivity index (χ3n) is 0.848. The van der Waals surface area contributed by atoms with Crippen molar-refractivity contribution in [3.8, 4) is 10.8 Å². The van der Waals surface area contributed by atoms with E-state index in [9.17, 15) is 0 Å². The lowest BCUT2D eigenvalue weighted by Crippen LogP contribution is -2.29. The molecule has 0 N–H and O–H groups in total. The maximum absolute atomic E-state index is 5.13. The third kappa shape index (κ3) is 6.66. The van der Waals surface area contributed by atoms with E-state index in [0.717, 1.165) is 0 Å². The number of hydrogen-bond acceptors (Lipinski definition) is 2.